The number of aryl methyl sites for hydroxylation is 1. The zero-order chi connectivity index (χ0) is 20.1. The van der Waals surface area contributed by atoms with Crippen LogP contribution in [0.4, 0.5) is 0 Å². The van der Waals surface area contributed by atoms with Crippen molar-refractivity contribution in [2.75, 3.05) is 13.6 Å². The summed E-state index contributed by atoms with van der Waals surface area (Å²) < 4.78 is 8.19. The van der Waals surface area contributed by atoms with Crippen molar-refractivity contribution >= 4 is 11.9 Å². The third-order valence-electron chi connectivity index (χ3n) is 5.43. The van der Waals surface area contributed by atoms with Crippen LogP contribution in [0, 0.1) is 6.92 Å². The van der Waals surface area contributed by atoms with Gasteiger partial charge in [0.15, 0.2) is 0 Å². The van der Waals surface area contributed by atoms with Gasteiger partial charge in [-0.15, -0.1) is 0 Å². The van der Waals surface area contributed by atoms with Crippen molar-refractivity contribution in [3.8, 4) is 16.9 Å². The van der Waals surface area contributed by atoms with Crippen molar-refractivity contribution in [3.05, 3.63) is 54.4 Å². The normalized spacial score (nSPS) is 19.7. The molecule has 28 heavy (non-hydrogen) atoms. The van der Waals surface area contributed by atoms with Crippen LogP contribution in [0.5, 0.6) is 5.75 Å². The summed E-state index contributed by atoms with van der Waals surface area (Å²) in [5.41, 5.74) is 8.84. The number of benzene rings is 1. The number of fused-ring (bicyclic) bond motifs is 1. The molecule has 6 heteroatoms. The molecule has 4 rings (SSSR count). The molecule has 0 bridgehead atoms. The number of carbonyl (C=O) groups excluding carboxylic acids is 1. The predicted octanol–water partition coefficient (Wildman–Crippen LogP) is 3.27. The number of hydrogen-bond acceptors (Lipinski definition) is 4. The number of nitrogens with two attached hydrogens (primary N) is 1. The van der Waals surface area contributed by atoms with E-state index in [0.29, 0.717) is 12.1 Å². The molecule has 1 aliphatic rings. The minimum Gasteiger partial charge on any atom is -0.490 e. The van der Waals surface area contributed by atoms with Crippen LogP contribution >= 0.6 is 0 Å². The average Bonchev–Trinajstić information content (AvgIpc) is 3.16. The maximum Gasteiger partial charge on any atom is 0.204 e. The zero-order valence-corrected chi connectivity index (χ0v) is 16.7. The Morgan fingerprint density at radius 1 is 1.18 bits per heavy atom. The van der Waals surface area contributed by atoms with E-state index < -0.39 is 0 Å². The molecule has 1 amide bonds. The molecule has 0 spiro atoms. The van der Waals surface area contributed by atoms with E-state index in [1.165, 1.54) is 11.1 Å². The topological polar surface area (TPSA) is 72.9 Å². The molecule has 3 aromatic rings. The van der Waals surface area contributed by atoms with Crippen LogP contribution in [0.15, 0.2) is 48.7 Å². The summed E-state index contributed by atoms with van der Waals surface area (Å²) in [5.74, 6) is 0.961. The summed E-state index contributed by atoms with van der Waals surface area (Å²) in [4.78, 5) is 11.0. The van der Waals surface area contributed by atoms with Crippen molar-refractivity contribution in [2.45, 2.75) is 38.8 Å². The zero-order valence-electron chi connectivity index (χ0n) is 16.7. The third kappa shape index (κ3) is 4.34. The summed E-state index contributed by atoms with van der Waals surface area (Å²) in [6.07, 6.45) is 4.59. The van der Waals surface area contributed by atoms with Crippen molar-refractivity contribution in [2.24, 2.45) is 5.73 Å². The number of amides is 1. The Labute approximate surface area is 165 Å². The van der Waals surface area contributed by atoms with E-state index >= 15 is 0 Å². The highest BCUT2D eigenvalue weighted by molar-refractivity contribution is 5.69. The van der Waals surface area contributed by atoms with Crippen molar-refractivity contribution in [1.82, 2.24) is 14.5 Å². The van der Waals surface area contributed by atoms with Gasteiger partial charge >= 0.3 is 0 Å². The van der Waals surface area contributed by atoms with Crippen LogP contribution in [0.25, 0.3) is 16.6 Å². The van der Waals surface area contributed by atoms with Crippen LogP contribution in [-0.4, -0.2) is 46.7 Å². The molecule has 1 saturated heterocycles. The van der Waals surface area contributed by atoms with Gasteiger partial charge in [-0.1, -0.05) is 18.2 Å². The molecule has 3 heterocycles. The number of likely N-dealkylation sites (tertiary alicyclic amines) is 1. The molecule has 6 nitrogen and oxygen atoms in total. The first-order valence-corrected chi connectivity index (χ1v) is 9.59. The van der Waals surface area contributed by atoms with Gasteiger partial charge in [0.25, 0.3) is 0 Å². The van der Waals surface area contributed by atoms with Gasteiger partial charge in [0.1, 0.15) is 11.9 Å². The van der Waals surface area contributed by atoms with Gasteiger partial charge in [0.2, 0.25) is 6.41 Å². The number of rotatable bonds is 3. The Morgan fingerprint density at radius 3 is 2.57 bits per heavy atom. The van der Waals surface area contributed by atoms with E-state index in [1.807, 2.05) is 16.8 Å². The van der Waals surface area contributed by atoms with Gasteiger partial charge in [-0.3, -0.25) is 4.79 Å². The Balaban J connectivity index is 0.000000706. The second kappa shape index (κ2) is 8.89. The van der Waals surface area contributed by atoms with Gasteiger partial charge in [0, 0.05) is 30.0 Å². The van der Waals surface area contributed by atoms with Crippen molar-refractivity contribution in [3.63, 3.8) is 0 Å². The third-order valence-corrected chi connectivity index (χ3v) is 5.43. The second-order valence-corrected chi connectivity index (χ2v) is 7.25. The first-order valence-electron chi connectivity index (χ1n) is 9.59. The van der Waals surface area contributed by atoms with Crippen LogP contribution < -0.4 is 10.5 Å². The van der Waals surface area contributed by atoms with Crippen LogP contribution in [0.3, 0.4) is 0 Å². The fourth-order valence-electron chi connectivity index (χ4n) is 3.69. The first-order chi connectivity index (χ1) is 13.5. The number of hydrogen-bond donors (Lipinski definition) is 1. The van der Waals surface area contributed by atoms with Crippen LogP contribution in [0.1, 0.15) is 25.5 Å². The predicted molar refractivity (Wildman–Crippen MR) is 111 cm³/mol. The highest BCUT2D eigenvalue weighted by Crippen LogP contribution is 2.28. The Bertz CT molecular complexity index is 920. The number of primary amides is 1. The highest BCUT2D eigenvalue weighted by Gasteiger charge is 2.24. The Hall–Kier alpha value is -2.86. The fraction of sp³-hybridized carbons (Fsp3) is 0.364. The molecule has 2 unspecified atom stereocenters. The molecule has 1 fully saturated rings. The van der Waals surface area contributed by atoms with E-state index in [-0.39, 0.29) is 6.41 Å². The first kappa shape index (κ1) is 19.9. The van der Waals surface area contributed by atoms with Crippen LogP contribution in [0.2, 0.25) is 0 Å². The quantitative estimate of drug-likeness (QED) is 0.708. The average molecular weight is 380 g/mol. The highest BCUT2D eigenvalue weighted by atomic mass is 16.5. The summed E-state index contributed by atoms with van der Waals surface area (Å²) >= 11 is 0. The molecule has 0 saturated carbocycles. The number of ether oxygens (including phenoxy) is 1. The second-order valence-electron chi connectivity index (χ2n) is 7.25. The smallest absolute Gasteiger partial charge is 0.204 e. The van der Waals surface area contributed by atoms with E-state index in [1.54, 1.807) is 0 Å². The van der Waals surface area contributed by atoms with Crippen molar-refractivity contribution in [1.29, 1.82) is 0 Å². The van der Waals surface area contributed by atoms with E-state index in [0.717, 1.165) is 36.3 Å². The maximum atomic E-state index is 8.58. The lowest BCUT2D eigenvalue weighted by molar-refractivity contribution is -0.106. The molecule has 2 N–H and O–H groups in total. The summed E-state index contributed by atoms with van der Waals surface area (Å²) in [6, 6.07) is 15.4. The van der Waals surface area contributed by atoms with E-state index in [2.05, 4.69) is 73.0 Å². The number of pyridine rings is 1. The Morgan fingerprint density at radius 2 is 1.89 bits per heavy atom. The lowest BCUT2D eigenvalue weighted by Crippen LogP contribution is -2.41. The fourth-order valence-corrected chi connectivity index (χ4v) is 3.69. The summed E-state index contributed by atoms with van der Waals surface area (Å²) in [6.45, 7) is 5.49. The maximum absolute atomic E-state index is 8.58. The Kier molecular flexibility index (Phi) is 6.31. The molecule has 2 atom stereocenters. The molecule has 1 aliphatic heterocycles. The van der Waals surface area contributed by atoms with Crippen molar-refractivity contribution < 1.29 is 9.53 Å². The monoisotopic (exact) mass is 380 g/mol. The van der Waals surface area contributed by atoms with Gasteiger partial charge < -0.3 is 15.4 Å². The van der Waals surface area contributed by atoms with E-state index in [4.69, 9.17) is 9.53 Å². The van der Waals surface area contributed by atoms with Gasteiger partial charge in [-0.05, 0) is 63.6 Å². The number of piperidine rings is 1. The van der Waals surface area contributed by atoms with Gasteiger partial charge in [-0.2, -0.15) is 5.10 Å². The number of nitrogens with zero attached hydrogens (tertiary/aromatic N) is 3. The van der Waals surface area contributed by atoms with Gasteiger partial charge in [-0.25, -0.2) is 4.52 Å². The molecular formula is C22H28N4O2. The minimum absolute atomic E-state index is 0.250. The molecule has 0 aliphatic carbocycles. The molecule has 0 radical (unpaired) electrons. The number of aromatic nitrogens is 2. The lowest BCUT2D eigenvalue weighted by Gasteiger charge is -2.35. The minimum atomic E-state index is 0.250. The lowest BCUT2D eigenvalue weighted by atomic mass is 10.0. The van der Waals surface area contributed by atoms with Crippen LogP contribution in [-0.2, 0) is 4.79 Å². The molecular weight excluding hydrogens is 352 g/mol. The molecule has 1 aromatic carbocycles. The molecule has 2 aromatic heterocycles. The standard InChI is InChI=1S/C21H25N3O.CH3NO/c1-15-14-20(11-13-23(15)3)25-19-7-4-17(5-8-19)21-9-6-18-10-12-22-24(18)16(21)2;2-1-3/h4-10,12,15,20H,11,13-14H2,1-3H3;1H,(H2,2,3). The molecule has 148 valence electrons. The number of carbonyl (C=O) groups is 1. The van der Waals surface area contributed by atoms with Gasteiger partial charge in [0.05, 0.1) is 5.52 Å². The van der Waals surface area contributed by atoms with E-state index in [9.17, 15) is 0 Å². The summed E-state index contributed by atoms with van der Waals surface area (Å²) in [7, 11) is 2.19. The largest absolute Gasteiger partial charge is 0.490 e. The SMILES string of the molecule is Cc1c(-c2ccc(OC3CCN(C)C(C)C3)cc2)ccc2ccnn12.NC=O. The summed E-state index contributed by atoms with van der Waals surface area (Å²) in [5, 5.41) is 4.40.